The molecule has 0 saturated carbocycles. The molecule has 1 unspecified atom stereocenters. The molecule has 0 bridgehead atoms. The lowest BCUT2D eigenvalue weighted by atomic mass is 10.1. The van der Waals surface area contributed by atoms with E-state index in [9.17, 15) is 0 Å². The molecule has 1 aliphatic heterocycles. The van der Waals surface area contributed by atoms with Crippen molar-refractivity contribution in [1.29, 1.82) is 0 Å². The van der Waals surface area contributed by atoms with Gasteiger partial charge in [0, 0.05) is 23.9 Å². The Kier molecular flexibility index (Phi) is 2.36. The highest BCUT2D eigenvalue weighted by Crippen LogP contribution is 2.45. The lowest BCUT2D eigenvalue weighted by molar-refractivity contribution is -0.0679. The van der Waals surface area contributed by atoms with Gasteiger partial charge < -0.3 is 15.2 Å². The van der Waals surface area contributed by atoms with Crippen LogP contribution in [-0.2, 0) is 5.79 Å². The number of aromatic nitrogens is 1. The number of pyridine rings is 1. The Morgan fingerprint density at radius 3 is 2.48 bits per heavy atom. The first-order chi connectivity index (χ1) is 10.1. The summed E-state index contributed by atoms with van der Waals surface area (Å²) in [5, 5.41) is 0.940. The zero-order chi connectivity index (χ0) is 14.4. The molecule has 0 spiro atoms. The summed E-state index contributed by atoms with van der Waals surface area (Å²) >= 11 is 0. The normalized spacial score (nSPS) is 19.9. The first kappa shape index (κ1) is 12.0. The fraction of sp³-hybridized carbons (Fsp3) is 0.118. The number of benzene rings is 2. The second-order valence-corrected chi connectivity index (χ2v) is 5.28. The highest BCUT2D eigenvalue weighted by molar-refractivity contribution is 5.85. The first-order valence-corrected chi connectivity index (χ1v) is 6.77. The van der Waals surface area contributed by atoms with Crippen LogP contribution in [0.25, 0.3) is 10.9 Å². The topological polar surface area (TPSA) is 57.4 Å². The summed E-state index contributed by atoms with van der Waals surface area (Å²) < 4.78 is 12.1. The molecule has 4 nitrogen and oxygen atoms in total. The Labute approximate surface area is 122 Å². The third-order valence-electron chi connectivity index (χ3n) is 3.68. The Morgan fingerprint density at radius 1 is 1.00 bits per heavy atom. The predicted octanol–water partition coefficient (Wildman–Crippen LogP) is 3.46. The van der Waals surface area contributed by atoms with Crippen molar-refractivity contribution in [1.82, 2.24) is 4.98 Å². The molecule has 104 valence electrons. The molecule has 0 radical (unpaired) electrons. The van der Waals surface area contributed by atoms with E-state index in [0.29, 0.717) is 17.2 Å². The van der Waals surface area contributed by atoms with Gasteiger partial charge in [0.05, 0.1) is 17.4 Å². The maximum Gasteiger partial charge on any atom is 0.275 e. The molecule has 21 heavy (non-hydrogen) atoms. The van der Waals surface area contributed by atoms with E-state index in [2.05, 4.69) is 4.98 Å². The van der Waals surface area contributed by atoms with Gasteiger partial charge in [-0.2, -0.15) is 0 Å². The van der Waals surface area contributed by atoms with E-state index in [0.717, 1.165) is 16.5 Å². The van der Waals surface area contributed by atoms with E-state index in [1.54, 1.807) is 6.20 Å². The molecular formula is C17H14N2O2. The van der Waals surface area contributed by atoms with Crippen molar-refractivity contribution in [3.05, 3.63) is 60.3 Å². The summed E-state index contributed by atoms with van der Waals surface area (Å²) in [6.45, 7) is 1.91. The van der Waals surface area contributed by atoms with Crippen LogP contribution in [0.4, 0.5) is 5.69 Å². The van der Waals surface area contributed by atoms with Crippen molar-refractivity contribution in [3.8, 4) is 11.5 Å². The average molecular weight is 278 g/mol. The minimum Gasteiger partial charge on any atom is -0.445 e. The van der Waals surface area contributed by atoms with Crippen LogP contribution in [0.5, 0.6) is 11.5 Å². The summed E-state index contributed by atoms with van der Waals surface area (Å²) in [5.74, 6) is 0.597. The van der Waals surface area contributed by atoms with Gasteiger partial charge in [-0.1, -0.05) is 30.3 Å². The number of hydrogen-bond donors (Lipinski definition) is 1. The molecule has 1 aliphatic rings. The van der Waals surface area contributed by atoms with Crippen LogP contribution in [0, 0.1) is 0 Å². The maximum atomic E-state index is 6.04. The van der Waals surface area contributed by atoms with Crippen molar-refractivity contribution < 1.29 is 9.47 Å². The van der Waals surface area contributed by atoms with Gasteiger partial charge in [-0.15, -0.1) is 0 Å². The Hall–Kier alpha value is -2.75. The highest BCUT2D eigenvalue weighted by atomic mass is 16.7. The van der Waals surface area contributed by atoms with E-state index in [4.69, 9.17) is 15.2 Å². The van der Waals surface area contributed by atoms with Gasteiger partial charge in [0.15, 0.2) is 11.5 Å². The third-order valence-corrected chi connectivity index (χ3v) is 3.68. The second kappa shape index (κ2) is 4.12. The number of fused-ring (bicyclic) bond motifs is 2. The van der Waals surface area contributed by atoms with Gasteiger partial charge in [0.25, 0.3) is 5.79 Å². The summed E-state index contributed by atoms with van der Waals surface area (Å²) in [5.41, 5.74) is 8.22. The van der Waals surface area contributed by atoms with E-state index in [-0.39, 0.29) is 0 Å². The van der Waals surface area contributed by atoms with Crippen LogP contribution in [-0.4, -0.2) is 4.98 Å². The van der Waals surface area contributed by atoms with Crippen molar-refractivity contribution in [2.45, 2.75) is 12.7 Å². The minimum atomic E-state index is -0.813. The number of nitrogens with zero attached hydrogens (tertiary/aromatic N) is 1. The van der Waals surface area contributed by atoms with Crippen molar-refractivity contribution in [3.63, 3.8) is 0 Å². The molecular weight excluding hydrogens is 264 g/mol. The first-order valence-electron chi connectivity index (χ1n) is 6.77. The molecule has 2 aromatic carbocycles. The van der Waals surface area contributed by atoms with Crippen molar-refractivity contribution in [2.75, 3.05) is 5.73 Å². The lowest BCUT2D eigenvalue weighted by Crippen LogP contribution is -2.31. The number of rotatable bonds is 1. The number of ether oxygens (including phenoxy) is 2. The van der Waals surface area contributed by atoms with E-state index >= 15 is 0 Å². The van der Waals surface area contributed by atoms with Gasteiger partial charge in [-0.05, 0) is 12.1 Å². The predicted molar refractivity (Wildman–Crippen MR) is 81.2 cm³/mol. The summed E-state index contributed by atoms with van der Waals surface area (Å²) in [6, 6.07) is 15.6. The quantitative estimate of drug-likeness (QED) is 0.740. The Bertz CT molecular complexity index is 833. The molecule has 4 rings (SSSR count). The molecule has 0 amide bonds. The second-order valence-electron chi connectivity index (χ2n) is 5.28. The molecule has 2 heterocycles. The summed E-state index contributed by atoms with van der Waals surface area (Å²) in [7, 11) is 0. The molecule has 0 aliphatic carbocycles. The van der Waals surface area contributed by atoms with Gasteiger partial charge in [-0.3, -0.25) is 4.98 Å². The highest BCUT2D eigenvalue weighted by Gasteiger charge is 2.38. The molecule has 2 N–H and O–H groups in total. The van der Waals surface area contributed by atoms with E-state index in [1.165, 1.54) is 0 Å². The van der Waals surface area contributed by atoms with E-state index in [1.807, 2.05) is 55.5 Å². The summed E-state index contributed by atoms with van der Waals surface area (Å²) in [6.07, 6.45) is 1.64. The van der Waals surface area contributed by atoms with Gasteiger partial charge in [-0.25, -0.2) is 0 Å². The number of nitrogens with two attached hydrogens (primary N) is 1. The molecule has 4 heteroatoms. The standard InChI is InChI=1S/C17H14N2O2/c1-17(12-5-3-2-4-6-12)20-15-8-11-7-13(18)10-19-14(11)9-16(15)21-17/h2-10H,18H2,1H3. The van der Waals surface area contributed by atoms with Crippen LogP contribution in [0.15, 0.2) is 54.7 Å². The van der Waals surface area contributed by atoms with Crippen molar-refractivity contribution >= 4 is 16.6 Å². The zero-order valence-corrected chi connectivity index (χ0v) is 11.5. The monoisotopic (exact) mass is 278 g/mol. The number of hydrogen-bond acceptors (Lipinski definition) is 4. The van der Waals surface area contributed by atoms with Crippen LogP contribution < -0.4 is 15.2 Å². The maximum absolute atomic E-state index is 6.04. The van der Waals surface area contributed by atoms with Gasteiger partial charge >= 0.3 is 0 Å². The zero-order valence-electron chi connectivity index (χ0n) is 11.5. The van der Waals surface area contributed by atoms with Crippen LogP contribution in [0.2, 0.25) is 0 Å². The Balaban J connectivity index is 1.81. The van der Waals surface area contributed by atoms with Crippen LogP contribution >= 0.6 is 0 Å². The van der Waals surface area contributed by atoms with Crippen molar-refractivity contribution in [2.24, 2.45) is 0 Å². The summed E-state index contributed by atoms with van der Waals surface area (Å²) in [4.78, 5) is 4.32. The lowest BCUT2D eigenvalue weighted by Gasteiger charge is -2.23. The van der Waals surface area contributed by atoms with Gasteiger partial charge in [0.2, 0.25) is 0 Å². The van der Waals surface area contributed by atoms with Crippen LogP contribution in [0.3, 0.4) is 0 Å². The number of nitrogen functional groups attached to an aromatic ring is 1. The fourth-order valence-electron chi connectivity index (χ4n) is 2.61. The molecule has 1 aromatic heterocycles. The molecule has 3 aromatic rings. The minimum absolute atomic E-state index is 0.632. The average Bonchev–Trinajstić information content (AvgIpc) is 2.82. The molecule has 0 saturated heterocycles. The molecule has 0 fully saturated rings. The Morgan fingerprint density at radius 2 is 1.71 bits per heavy atom. The number of anilines is 1. The molecule has 1 atom stereocenters. The van der Waals surface area contributed by atoms with Crippen LogP contribution in [0.1, 0.15) is 12.5 Å². The fourth-order valence-corrected chi connectivity index (χ4v) is 2.61. The largest absolute Gasteiger partial charge is 0.445 e. The SMILES string of the molecule is CC1(c2ccccc2)Oc2cc3cc(N)cnc3cc2O1. The van der Waals surface area contributed by atoms with E-state index < -0.39 is 5.79 Å². The third kappa shape index (κ3) is 1.88. The van der Waals surface area contributed by atoms with Gasteiger partial charge in [0.1, 0.15) is 0 Å². The smallest absolute Gasteiger partial charge is 0.275 e.